The van der Waals surface area contributed by atoms with Gasteiger partial charge in [-0.05, 0) is 46.3 Å². The van der Waals surface area contributed by atoms with Crippen LogP contribution in [0.5, 0.6) is 5.75 Å². The Kier molecular flexibility index (Phi) is 2.45. The third-order valence-electron chi connectivity index (χ3n) is 1.78. The van der Waals surface area contributed by atoms with Crippen LogP contribution >= 0.6 is 15.9 Å². The number of phenolic OH excluding ortho intramolecular Hbond substituents is 1. The van der Waals surface area contributed by atoms with Crippen LogP contribution in [-0.2, 0) is 0 Å². The zero-order valence-corrected chi connectivity index (χ0v) is 8.77. The number of hydrogen-bond donors (Lipinski definition) is 1. The van der Waals surface area contributed by atoms with Gasteiger partial charge in [-0.15, -0.1) is 0 Å². The van der Waals surface area contributed by atoms with Crippen LogP contribution in [0.1, 0.15) is 0 Å². The molecule has 0 aliphatic heterocycles. The number of aromatic hydroxyl groups is 1. The second kappa shape index (κ2) is 3.75. The lowest BCUT2D eigenvalue weighted by Crippen LogP contribution is -1.86. The van der Waals surface area contributed by atoms with Gasteiger partial charge < -0.3 is 5.11 Å². The number of aromatic nitrogens is 2. The Bertz CT molecular complexity index is 442. The quantitative estimate of drug-likeness (QED) is 0.847. The third kappa shape index (κ3) is 1.90. The van der Waals surface area contributed by atoms with E-state index in [1.54, 1.807) is 30.5 Å². The Morgan fingerprint density at radius 3 is 2.50 bits per heavy atom. The Morgan fingerprint density at radius 2 is 1.86 bits per heavy atom. The van der Waals surface area contributed by atoms with Crippen molar-refractivity contribution < 1.29 is 5.11 Å². The molecule has 4 heteroatoms. The summed E-state index contributed by atoms with van der Waals surface area (Å²) in [6.07, 6.45) is 1.63. The van der Waals surface area contributed by atoms with E-state index < -0.39 is 0 Å². The molecule has 0 atom stereocenters. The molecule has 1 aromatic heterocycles. The first kappa shape index (κ1) is 9.15. The van der Waals surface area contributed by atoms with Crippen LogP contribution in [-0.4, -0.2) is 15.3 Å². The van der Waals surface area contributed by atoms with Crippen LogP contribution in [0.2, 0.25) is 0 Å². The van der Waals surface area contributed by atoms with Gasteiger partial charge in [-0.25, -0.2) is 0 Å². The topological polar surface area (TPSA) is 46.0 Å². The highest BCUT2D eigenvalue weighted by molar-refractivity contribution is 9.10. The predicted octanol–water partition coefficient (Wildman–Crippen LogP) is 2.61. The molecule has 2 aromatic rings. The number of rotatable bonds is 1. The SMILES string of the molecule is Oc1ccc(-c2cc(Br)cnn2)cc1. The molecule has 0 saturated carbocycles. The van der Waals surface area contributed by atoms with E-state index >= 15 is 0 Å². The van der Waals surface area contributed by atoms with E-state index in [0.717, 1.165) is 15.7 Å². The van der Waals surface area contributed by atoms with E-state index in [0.29, 0.717) is 0 Å². The maximum atomic E-state index is 9.11. The molecule has 0 fully saturated rings. The molecule has 0 bridgehead atoms. The maximum Gasteiger partial charge on any atom is 0.115 e. The summed E-state index contributed by atoms with van der Waals surface area (Å²) in [5, 5.41) is 16.9. The Labute approximate surface area is 89.6 Å². The van der Waals surface area contributed by atoms with Gasteiger partial charge in [0.1, 0.15) is 5.75 Å². The number of benzene rings is 1. The van der Waals surface area contributed by atoms with Gasteiger partial charge in [-0.2, -0.15) is 10.2 Å². The van der Waals surface area contributed by atoms with Crippen molar-refractivity contribution in [3.63, 3.8) is 0 Å². The van der Waals surface area contributed by atoms with E-state index in [1.807, 2.05) is 6.07 Å². The standard InChI is InChI=1S/C10H7BrN2O/c11-8-5-10(13-12-6-8)7-1-3-9(14)4-2-7/h1-6,14H. The van der Waals surface area contributed by atoms with Crippen molar-refractivity contribution in [1.29, 1.82) is 0 Å². The lowest BCUT2D eigenvalue weighted by atomic mass is 10.1. The molecule has 0 unspecified atom stereocenters. The fraction of sp³-hybridized carbons (Fsp3) is 0. The maximum absolute atomic E-state index is 9.11. The van der Waals surface area contributed by atoms with Crippen molar-refractivity contribution in [3.05, 3.63) is 41.0 Å². The zero-order chi connectivity index (χ0) is 9.97. The average Bonchev–Trinajstić information content (AvgIpc) is 2.19. The van der Waals surface area contributed by atoms with Crippen molar-refractivity contribution in [2.45, 2.75) is 0 Å². The smallest absolute Gasteiger partial charge is 0.115 e. The first-order chi connectivity index (χ1) is 6.75. The van der Waals surface area contributed by atoms with Crippen molar-refractivity contribution in [3.8, 4) is 17.0 Å². The second-order valence-corrected chi connectivity index (χ2v) is 3.72. The number of nitrogens with zero attached hydrogens (tertiary/aromatic N) is 2. The molecule has 70 valence electrons. The number of hydrogen-bond acceptors (Lipinski definition) is 3. The first-order valence-corrected chi connectivity index (χ1v) is 4.82. The molecule has 0 spiro atoms. The van der Waals surface area contributed by atoms with E-state index in [1.165, 1.54) is 0 Å². The molecule has 0 aliphatic rings. The second-order valence-electron chi connectivity index (χ2n) is 2.81. The van der Waals surface area contributed by atoms with Gasteiger partial charge in [-0.1, -0.05) is 0 Å². The predicted molar refractivity (Wildman–Crippen MR) is 56.8 cm³/mol. The lowest BCUT2D eigenvalue weighted by molar-refractivity contribution is 0.475. The minimum absolute atomic E-state index is 0.247. The number of phenols is 1. The van der Waals surface area contributed by atoms with Gasteiger partial charge in [0, 0.05) is 10.0 Å². The van der Waals surface area contributed by atoms with Gasteiger partial charge in [0.05, 0.1) is 11.9 Å². The highest BCUT2D eigenvalue weighted by Gasteiger charge is 2.00. The van der Waals surface area contributed by atoms with Crippen LogP contribution < -0.4 is 0 Å². The molecular formula is C10H7BrN2O. The Balaban J connectivity index is 2.44. The van der Waals surface area contributed by atoms with E-state index in [4.69, 9.17) is 5.11 Å². The van der Waals surface area contributed by atoms with Crippen molar-refractivity contribution in [2.75, 3.05) is 0 Å². The molecule has 0 amide bonds. The molecule has 0 saturated heterocycles. The zero-order valence-electron chi connectivity index (χ0n) is 7.18. The highest BCUT2D eigenvalue weighted by Crippen LogP contribution is 2.21. The Morgan fingerprint density at radius 1 is 1.14 bits per heavy atom. The van der Waals surface area contributed by atoms with E-state index in [9.17, 15) is 0 Å². The summed E-state index contributed by atoms with van der Waals surface area (Å²) in [5.74, 6) is 0.247. The van der Waals surface area contributed by atoms with Crippen LogP contribution in [0.4, 0.5) is 0 Å². The lowest BCUT2D eigenvalue weighted by Gasteiger charge is -1.99. The molecule has 3 nitrogen and oxygen atoms in total. The first-order valence-electron chi connectivity index (χ1n) is 4.03. The van der Waals surface area contributed by atoms with Crippen molar-refractivity contribution in [1.82, 2.24) is 10.2 Å². The summed E-state index contributed by atoms with van der Waals surface area (Å²) in [4.78, 5) is 0. The van der Waals surface area contributed by atoms with E-state index in [-0.39, 0.29) is 5.75 Å². The van der Waals surface area contributed by atoms with Crippen LogP contribution in [0.15, 0.2) is 41.0 Å². The summed E-state index contributed by atoms with van der Waals surface area (Å²) in [6.45, 7) is 0. The summed E-state index contributed by atoms with van der Waals surface area (Å²) >= 11 is 3.32. The van der Waals surface area contributed by atoms with E-state index in [2.05, 4.69) is 26.1 Å². The molecule has 0 aliphatic carbocycles. The van der Waals surface area contributed by atoms with Gasteiger partial charge in [-0.3, -0.25) is 0 Å². The molecule has 1 N–H and O–H groups in total. The molecule has 1 aromatic carbocycles. The highest BCUT2D eigenvalue weighted by atomic mass is 79.9. The Hall–Kier alpha value is -1.42. The van der Waals surface area contributed by atoms with Crippen molar-refractivity contribution >= 4 is 15.9 Å². The summed E-state index contributed by atoms with van der Waals surface area (Å²) in [5.41, 5.74) is 1.70. The molecule has 0 radical (unpaired) electrons. The monoisotopic (exact) mass is 250 g/mol. The average molecular weight is 251 g/mol. The number of halogens is 1. The van der Waals surface area contributed by atoms with Crippen LogP contribution in [0.3, 0.4) is 0 Å². The summed E-state index contributed by atoms with van der Waals surface area (Å²) < 4.78 is 0.885. The minimum atomic E-state index is 0.247. The fourth-order valence-corrected chi connectivity index (χ4v) is 1.42. The fourth-order valence-electron chi connectivity index (χ4n) is 1.12. The van der Waals surface area contributed by atoms with Crippen molar-refractivity contribution in [2.24, 2.45) is 0 Å². The van der Waals surface area contributed by atoms with Crippen LogP contribution in [0, 0.1) is 0 Å². The minimum Gasteiger partial charge on any atom is -0.508 e. The van der Waals surface area contributed by atoms with Gasteiger partial charge in [0.15, 0.2) is 0 Å². The van der Waals surface area contributed by atoms with Gasteiger partial charge in [0.2, 0.25) is 0 Å². The molecular weight excluding hydrogens is 244 g/mol. The van der Waals surface area contributed by atoms with Gasteiger partial charge in [0.25, 0.3) is 0 Å². The molecule has 14 heavy (non-hydrogen) atoms. The summed E-state index contributed by atoms with van der Waals surface area (Å²) in [6, 6.07) is 8.72. The third-order valence-corrected chi connectivity index (χ3v) is 2.22. The largest absolute Gasteiger partial charge is 0.508 e. The van der Waals surface area contributed by atoms with Gasteiger partial charge >= 0.3 is 0 Å². The normalized spacial score (nSPS) is 10.1. The van der Waals surface area contributed by atoms with Crippen LogP contribution in [0.25, 0.3) is 11.3 Å². The summed E-state index contributed by atoms with van der Waals surface area (Å²) in [7, 11) is 0. The molecule has 1 heterocycles. The molecule has 2 rings (SSSR count).